The van der Waals surface area contributed by atoms with Gasteiger partial charge in [0.15, 0.2) is 11.0 Å². The maximum Gasteiger partial charge on any atom is 0.333 e. The van der Waals surface area contributed by atoms with E-state index in [4.69, 9.17) is 11.6 Å². The molecule has 1 atom stereocenters. The molecule has 2 heterocycles. The number of nitrogens with zero attached hydrogens (tertiary/aromatic N) is 2. The number of rotatable bonds is 3. The summed E-state index contributed by atoms with van der Waals surface area (Å²) in [7, 11) is -1.53. The topological polar surface area (TPSA) is 75.2 Å². The second kappa shape index (κ2) is 8.41. The smallest absolute Gasteiger partial charge is 0.306 e. The van der Waals surface area contributed by atoms with E-state index in [9.17, 15) is 13.8 Å². The van der Waals surface area contributed by atoms with Crippen molar-refractivity contribution in [3.8, 4) is 5.69 Å². The van der Waals surface area contributed by atoms with Crippen molar-refractivity contribution in [3.63, 3.8) is 0 Å². The molecule has 162 valence electrons. The Kier molecular flexibility index (Phi) is 5.45. The summed E-state index contributed by atoms with van der Waals surface area (Å²) in [5, 5.41) is 0.598. The fourth-order valence-corrected chi connectivity index (χ4v) is 5.62. The van der Waals surface area contributed by atoms with Crippen LogP contribution < -0.4 is 15.6 Å². The lowest BCUT2D eigenvalue weighted by atomic mass is 10.1. The van der Waals surface area contributed by atoms with Crippen molar-refractivity contribution in [1.82, 2.24) is 9.55 Å². The Balaban J connectivity index is 1.63. The molecule has 1 aliphatic heterocycles. The molecule has 1 aromatic heterocycles. The molecule has 0 saturated heterocycles. The van der Waals surface area contributed by atoms with Gasteiger partial charge in [0.05, 0.1) is 32.2 Å². The Hall–Kier alpha value is -3.16. The predicted octanol–water partition coefficient (Wildman–Crippen LogP) is 4.20. The summed E-state index contributed by atoms with van der Waals surface area (Å²) in [5.74, 6) is 0. The van der Waals surface area contributed by atoms with Gasteiger partial charge in [-0.15, -0.1) is 0 Å². The van der Waals surface area contributed by atoms with Crippen LogP contribution in [0, 0.1) is 0 Å². The van der Waals surface area contributed by atoms with Crippen LogP contribution in [-0.2, 0) is 17.4 Å². The first-order valence-corrected chi connectivity index (χ1v) is 11.8. The van der Waals surface area contributed by atoms with Gasteiger partial charge in [-0.25, -0.2) is 13.6 Å². The molecule has 3 aromatic carbocycles. The summed E-state index contributed by atoms with van der Waals surface area (Å²) in [4.78, 5) is 29.0. The van der Waals surface area contributed by atoms with Crippen molar-refractivity contribution in [2.24, 2.45) is 0 Å². The van der Waals surface area contributed by atoms with Crippen molar-refractivity contribution in [2.45, 2.75) is 24.2 Å². The van der Waals surface area contributed by atoms with E-state index >= 15 is 0 Å². The number of aromatic nitrogens is 2. The molecule has 0 fully saturated rings. The van der Waals surface area contributed by atoms with Crippen molar-refractivity contribution < 1.29 is 4.21 Å². The molecular weight excluding hydrogens is 446 g/mol. The van der Waals surface area contributed by atoms with Gasteiger partial charge >= 0.3 is 5.69 Å². The third-order valence-electron chi connectivity index (χ3n) is 5.68. The third-order valence-corrected chi connectivity index (χ3v) is 7.44. The van der Waals surface area contributed by atoms with Gasteiger partial charge in [0.1, 0.15) is 0 Å². The highest BCUT2D eigenvalue weighted by molar-refractivity contribution is 7.86. The van der Waals surface area contributed by atoms with Crippen LogP contribution in [0.3, 0.4) is 0 Å². The van der Waals surface area contributed by atoms with Gasteiger partial charge in [-0.3, -0.25) is 9.10 Å². The van der Waals surface area contributed by atoms with E-state index in [0.717, 1.165) is 35.1 Å². The minimum absolute atomic E-state index is 0.206. The normalized spacial score (nSPS) is 14.7. The van der Waals surface area contributed by atoms with Crippen molar-refractivity contribution in [2.75, 3.05) is 10.8 Å². The van der Waals surface area contributed by atoms with E-state index in [1.807, 2.05) is 22.5 Å². The summed E-state index contributed by atoms with van der Waals surface area (Å²) in [6, 6.07) is 19.6. The number of aromatic amines is 1. The van der Waals surface area contributed by atoms with Crippen molar-refractivity contribution in [3.05, 3.63) is 98.2 Å². The summed E-state index contributed by atoms with van der Waals surface area (Å²) in [6.07, 6.45) is 2.89. The van der Waals surface area contributed by atoms with E-state index < -0.39 is 22.2 Å². The number of hydrogen-bond acceptors (Lipinski definition) is 3. The second-order valence-electron chi connectivity index (χ2n) is 7.67. The van der Waals surface area contributed by atoms with Crippen LogP contribution in [0.1, 0.15) is 18.4 Å². The molecular formula is C24H20ClN3O3S. The Morgan fingerprint density at radius 2 is 1.69 bits per heavy atom. The van der Waals surface area contributed by atoms with Crippen molar-refractivity contribution >= 4 is 39.2 Å². The minimum Gasteiger partial charge on any atom is -0.306 e. The molecule has 8 heteroatoms. The zero-order chi connectivity index (χ0) is 22.2. The van der Waals surface area contributed by atoms with Crippen LogP contribution >= 0.6 is 11.6 Å². The maximum absolute atomic E-state index is 13.6. The molecule has 0 bridgehead atoms. The molecule has 32 heavy (non-hydrogen) atoms. The lowest BCUT2D eigenvalue weighted by Gasteiger charge is -2.24. The second-order valence-corrected chi connectivity index (χ2v) is 9.48. The molecule has 0 spiro atoms. The summed E-state index contributed by atoms with van der Waals surface area (Å²) in [5.41, 5.74) is 1.69. The molecule has 0 radical (unpaired) electrons. The molecule has 5 rings (SSSR count). The molecule has 0 amide bonds. The monoisotopic (exact) mass is 465 g/mol. The van der Waals surface area contributed by atoms with Crippen LogP contribution in [0.4, 0.5) is 5.69 Å². The molecule has 0 aliphatic carbocycles. The number of fused-ring (bicyclic) bond motifs is 2. The van der Waals surface area contributed by atoms with E-state index in [1.54, 1.807) is 42.5 Å². The number of para-hydroxylation sites is 2. The Labute approximate surface area is 191 Å². The fourth-order valence-electron chi connectivity index (χ4n) is 4.11. The summed E-state index contributed by atoms with van der Waals surface area (Å²) in [6.45, 7) is 0.651. The highest BCUT2D eigenvalue weighted by Crippen LogP contribution is 2.30. The Morgan fingerprint density at radius 3 is 2.56 bits per heavy atom. The van der Waals surface area contributed by atoms with Crippen LogP contribution in [0.15, 0.2) is 81.2 Å². The number of H-pyrrole nitrogens is 1. The molecule has 1 aliphatic rings. The van der Waals surface area contributed by atoms with E-state index in [0.29, 0.717) is 22.3 Å². The van der Waals surface area contributed by atoms with Crippen LogP contribution in [0.5, 0.6) is 0 Å². The third kappa shape index (κ3) is 3.57. The molecule has 1 unspecified atom stereocenters. The summed E-state index contributed by atoms with van der Waals surface area (Å²) < 4.78 is 16.5. The van der Waals surface area contributed by atoms with Gasteiger partial charge in [0.2, 0.25) is 0 Å². The molecule has 0 saturated carbocycles. The lowest BCUT2D eigenvalue weighted by molar-refractivity contribution is 0.676. The zero-order valence-electron chi connectivity index (χ0n) is 17.1. The number of nitrogens with one attached hydrogen (secondary N) is 1. The average Bonchev–Trinajstić information content (AvgIpc) is 3.02. The Morgan fingerprint density at radius 1 is 0.906 bits per heavy atom. The van der Waals surface area contributed by atoms with Gasteiger partial charge < -0.3 is 4.98 Å². The number of aryl methyl sites for hydroxylation is 1. The van der Waals surface area contributed by atoms with Gasteiger partial charge in [-0.1, -0.05) is 41.9 Å². The first kappa shape index (κ1) is 20.7. The standard InChI is InChI=1S/C24H20ClN3O3S/c25-19-13-12-17(32(31)27-14-6-5-8-16-7-1-4-11-21(16)27)15-22(19)28-23(29)18-9-2-3-10-20(18)26-24(28)30/h1-4,7,9-13,15H,5-6,8,14H2,(H,26,30). The van der Waals surface area contributed by atoms with E-state index in [-0.39, 0.29) is 10.7 Å². The highest BCUT2D eigenvalue weighted by Gasteiger charge is 2.22. The molecule has 1 N–H and O–H groups in total. The number of hydrogen-bond donors (Lipinski definition) is 1. The highest BCUT2D eigenvalue weighted by atomic mass is 35.5. The van der Waals surface area contributed by atoms with Gasteiger partial charge in [-0.2, -0.15) is 0 Å². The summed E-state index contributed by atoms with van der Waals surface area (Å²) >= 11 is 6.40. The molecule has 4 aromatic rings. The van der Waals surface area contributed by atoms with Crippen molar-refractivity contribution in [1.29, 1.82) is 0 Å². The van der Waals surface area contributed by atoms with Crippen LogP contribution in [0.2, 0.25) is 5.02 Å². The molecule has 6 nitrogen and oxygen atoms in total. The SMILES string of the molecule is O=c1[nH]c2ccccc2c(=O)n1-c1cc(S(=O)N2CCCCc3ccccc32)ccc1Cl. The first-order chi connectivity index (χ1) is 15.5. The lowest BCUT2D eigenvalue weighted by Crippen LogP contribution is -2.34. The van der Waals surface area contributed by atoms with E-state index in [1.165, 1.54) is 0 Å². The predicted molar refractivity (Wildman–Crippen MR) is 128 cm³/mol. The van der Waals surface area contributed by atoms with Gasteiger partial charge in [0.25, 0.3) is 5.56 Å². The largest absolute Gasteiger partial charge is 0.333 e. The fraction of sp³-hybridized carbons (Fsp3) is 0.167. The Bertz CT molecular complexity index is 1480. The van der Waals surface area contributed by atoms with E-state index in [2.05, 4.69) is 11.1 Å². The van der Waals surface area contributed by atoms with Crippen LogP contribution in [-0.4, -0.2) is 20.3 Å². The average molecular weight is 466 g/mol. The van der Waals surface area contributed by atoms with Gasteiger partial charge in [0, 0.05) is 6.54 Å². The number of halogens is 1. The van der Waals surface area contributed by atoms with Gasteiger partial charge in [-0.05, 0) is 61.2 Å². The maximum atomic E-state index is 13.6. The number of anilines is 1. The van der Waals surface area contributed by atoms with Crippen LogP contribution in [0.25, 0.3) is 16.6 Å². The quantitative estimate of drug-likeness (QED) is 0.492. The first-order valence-electron chi connectivity index (χ1n) is 10.4. The number of benzene rings is 3. The zero-order valence-corrected chi connectivity index (χ0v) is 18.7. The minimum atomic E-state index is -1.53.